The van der Waals surface area contributed by atoms with Gasteiger partial charge < -0.3 is 19.4 Å². The van der Waals surface area contributed by atoms with Crippen LogP contribution in [0.5, 0.6) is 11.5 Å². The van der Waals surface area contributed by atoms with Crippen LogP contribution < -0.4 is 14.8 Å². The normalized spacial score (nSPS) is 10.9. The predicted octanol–water partition coefficient (Wildman–Crippen LogP) is 4.72. The van der Waals surface area contributed by atoms with E-state index in [9.17, 15) is 4.79 Å². The number of amides is 1. The molecule has 0 unspecified atom stereocenters. The van der Waals surface area contributed by atoms with E-state index < -0.39 is 0 Å². The fourth-order valence-corrected chi connectivity index (χ4v) is 3.92. The summed E-state index contributed by atoms with van der Waals surface area (Å²) in [5, 5.41) is 3.02. The van der Waals surface area contributed by atoms with Crippen molar-refractivity contribution in [3.05, 3.63) is 89.7 Å². The molecule has 0 aliphatic carbocycles. The number of rotatable bonds is 11. The van der Waals surface area contributed by atoms with Gasteiger partial charge in [0.25, 0.3) is 0 Å². The molecule has 0 radical (unpaired) electrons. The molecular weight excluding hydrogens is 426 g/mol. The monoisotopic (exact) mass is 457 g/mol. The Morgan fingerprint density at radius 1 is 0.971 bits per heavy atom. The molecule has 0 atom stereocenters. The second kappa shape index (κ2) is 11.4. The maximum absolute atomic E-state index is 12.4. The third-order valence-electron chi connectivity index (χ3n) is 5.74. The lowest BCUT2D eigenvalue weighted by Gasteiger charge is -2.11. The molecule has 0 saturated heterocycles. The lowest BCUT2D eigenvalue weighted by atomic mass is 10.1. The maximum Gasteiger partial charge on any atom is 0.224 e. The summed E-state index contributed by atoms with van der Waals surface area (Å²) in [6, 6.07) is 23.8. The van der Waals surface area contributed by atoms with Gasteiger partial charge in [0.15, 0.2) is 0 Å². The summed E-state index contributed by atoms with van der Waals surface area (Å²) in [7, 11) is 1.63. The van der Waals surface area contributed by atoms with E-state index in [1.807, 2.05) is 54.6 Å². The zero-order valence-corrected chi connectivity index (χ0v) is 19.8. The number of aromatic nitrogens is 2. The van der Waals surface area contributed by atoms with Crippen LogP contribution in [0.1, 0.15) is 23.4 Å². The van der Waals surface area contributed by atoms with Crippen molar-refractivity contribution in [1.82, 2.24) is 14.9 Å². The second-order valence-corrected chi connectivity index (χ2v) is 8.31. The zero-order valence-electron chi connectivity index (χ0n) is 19.8. The topological polar surface area (TPSA) is 65.4 Å². The quantitative estimate of drug-likeness (QED) is 0.331. The Labute approximate surface area is 200 Å². The van der Waals surface area contributed by atoms with Gasteiger partial charge in [-0.05, 0) is 55.3 Å². The van der Waals surface area contributed by atoms with E-state index in [0.29, 0.717) is 26.0 Å². The third kappa shape index (κ3) is 6.16. The molecule has 1 N–H and O–H groups in total. The molecular formula is C28H31N3O3. The van der Waals surface area contributed by atoms with Gasteiger partial charge in [-0.25, -0.2) is 4.98 Å². The van der Waals surface area contributed by atoms with Crippen molar-refractivity contribution in [2.75, 3.05) is 20.3 Å². The Hall–Kier alpha value is -3.80. The first-order valence-electron chi connectivity index (χ1n) is 11.7. The van der Waals surface area contributed by atoms with Gasteiger partial charge in [0.2, 0.25) is 5.91 Å². The molecule has 0 fully saturated rings. The second-order valence-electron chi connectivity index (χ2n) is 8.31. The highest BCUT2D eigenvalue weighted by Gasteiger charge is 2.11. The number of ether oxygens (including phenoxy) is 2. The van der Waals surface area contributed by atoms with E-state index in [2.05, 4.69) is 35.0 Å². The van der Waals surface area contributed by atoms with Gasteiger partial charge in [0.05, 0.1) is 31.2 Å². The van der Waals surface area contributed by atoms with Gasteiger partial charge in [-0.1, -0.05) is 42.0 Å². The van der Waals surface area contributed by atoms with Gasteiger partial charge >= 0.3 is 0 Å². The molecule has 1 aromatic heterocycles. The molecule has 6 nitrogen and oxygen atoms in total. The van der Waals surface area contributed by atoms with E-state index >= 15 is 0 Å². The molecule has 6 heteroatoms. The first-order chi connectivity index (χ1) is 16.6. The molecule has 34 heavy (non-hydrogen) atoms. The highest BCUT2D eigenvalue weighted by atomic mass is 16.5. The van der Waals surface area contributed by atoms with Crippen LogP contribution in [0.15, 0.2) is 72.8 Å². The summed E-state index contributed by atoms with van der Waals surface area (Å²) >= 11 is 0. The number of benzene rings is 3. The molecule has 0 bridgehead atoms. The summed E-state index contributed by atoms with van der Waals surface area (Å²) < 4.78 is 13.3. The average Bonchev–Trinajstić information content (AvgIpc) is 3.20. The van der Waals surface area contributed by atoms with Crippen molar-refractivity contribution in [1.29, 1.82) is 0 Å². The summed E-state index contributed by atoms with van der Waals surface area (Å²) in [6.45, 7) is 4.05. The number of carbonyl (C=O) groups is 1. The van der Waals surface area contributed by atoms with Gasteiger partial charge in [-0.3, -0.25) is 4.79 Å². The maximum atomic E-state index is 12.4. The van der Waals surface area contributed by atoms with Crippen molar-refractivity contribution in [3.8, 4) is 11.5 Å². The smallest absolute Gasteiger partial charge is 0.224 e. The number of nitrogens with one attached hydrogen (secondary N) is 1. The molecule has 4 aromatic rings. The lowest BCUT2D eigenvalue weighted by Crippen LogP contribution is -2.28. The predicted molar refractivity (Wildman–Crippen MR) is 134 cm³/mol. The number of imidazole rings is 1. The molecule has 1 amide bonds. The Morgan fingerprint density at radius 2 is 1.71 bits per heavy atom. The third-order valence-corrected chi connectivity index (χ3v) is 5.74. The summed E-state index contributed by atoms with van der Waals surface area (Å²) in [5.74, 6) is 2.65. The van der Waals surface area contributed by atoms with Crippen LogP contribution in [0.2, 0.25) is 0 Å². The number of hydrogen-bond acceptors (Lipinski definition) is 4. The van der Waals surface area contributed by atoms with E-state index in [4.69, 9.17) is 14.5 Å². The Bertz CT molecular complexity index is 1210. The standard InChI is InChI=1S/C28H31N3O3/c1-21-8-12-24(13-9-21)34-19-5-18-31-26-7-4-3-6-25(26)30-27(31)16-17-29-28(32)20-22-10-14-23(33-2)15-11-22/h3-4,6-15H,5,16-20H2,1-2H3,(H,29,32). The molecule has 0 aliphatic heterocycles. The van der Waals surface area contributed by atoms with Crippen LogP contribution >= 0.6 is 0 Å². The molecule has 0 saturated carbocycles. The highest BCUT2D eigenvalue weighted by Crippen LogP contribution is 2.18. The van der Waals surface area contributed by atoms with Crippen LogP contribution in [0.3, 0.4) is 0 Å². The Morgan fingerprint density at radius 3 is 2.47 bits per heavy atom. The Balaban J connectivity index is 1.31. The summed E-state index contributed by atoms with van der Waals surface area (Å²) in [4.78, 5) is 17.2. The van der Waals surface area contributed by atoms with E-state index in [-0.39, 0.29) is 5.91 Å². The molecule has 176 valence electrons. The minimum atomic E-state index is -0.000624. The van der Waals surface area contributed by atoms with Crippen molar-refractivity contribution in [3.63, 3.8) is 0 Å². The molecule has 1 heterocycles. The molecule has 4 rings (SSSR count). The summed E-state index contributed by atoms with van der Waals surface area (Å²) in [6.07, 6.45) is 1.88. The minimum Gasteiger partial charge on any atom is -0.497 e. The van der Waals surface area contributed by atoms with Crippen LogP contribution in [0.25, 0.3) is 11.0 Å². The van der Waals surface area contributed by atoms with E-state index in [0.717, 1.165) is 46.9 Å². The van der Waals surface area contributed by atoms with Crippen LogP contribution in [-0.2, 0) is 24.2 Å². The fraction of sp³-hybridized carbons (Fsp3) is 0.286. The Kier molecular flexibility index (Phi) is 7.81. The van der Waals surface area contributed by atoms with E-state index in [1.54, 1.807) is 7.11 Å². The zero-order chi connectivity index (χ0) is 23.8. The molecule has 3 aromatic carbocycles. The van der Waals surface area contributed by atoms with Crippen molar-refractivity contribution < 1.29 is 14.3 Å². The van der Waals surface area contributed by atoms with Gasteiger partial charge in [0.1, 0.15) is 17.3 Å². The number of carbonyl (C=O) groups excluding carboxylic acids is 1. The summed E-state index contributed by atoms with van der Waals surface area (Å²) in [5.41, 5.74) is 4.26. The number of hydrogen-bond donors (Lipinski definition) is 1. The number of methoxy groups -OCH3 is 1. The van der Waals surface area contributed by atoms with Crippen LogP contribution in [-0.4, -0.2) is 35.7 Å². The van der Waals surface area contributed by atoms with Crippen LogP contribution in [0.4, 0.5) is 0 Å². The number of fused-ring (bicyclic) bond motifs is 1. The largest absolute Gasteiger partial charge is 0.497 e. The van der Waals surface area contributed by atoms with Gasteiger partial charge in [0, 0.05) is 19.5 Å². The number of nitrogens with zero attached hydrogens (tertiary/aromatic N) is 2. The molecule has 0 spiro atoms. The van der Waals surface area contributed by atoms with Gasteiger partial charge in [-0.15, -0.1) is 0 Å². The first kappa shape index (κ1) is 23.4. The number of aryl methyl sites for hydroxylation is 2. The van der Waals surface area contributed by atoms with Crippen LogP contribution in [0, 0.1) is 6.92 Å². The van der Waals surface area contributed by atoms with Crippen molar-refractivity contribution in [2.24, 2.45) is 0 Å². The average molecular weight is 458 g/mol. The van der Waals surface area contributed by atoms with E-state index in [1.165, 1.54) is 5.56 Å². The fourth-order valence-electron chi connectivity index (χ4n) is 3.92. The minimum absolute atomic E-state index is 0.000624. The lowest BCUT2D eigenvalue weighted by molar-refractivity contribution is -0.120. The number of para-hydroxylation sites is 2. The highest BCUT2D eigenvalue weighted by molar-refractivity contribution is 5.78. The molecule has 0 aliphatic rings. The first-order valence-corrected chi connectivity index (χ1v) is 11.7. The van der Waals surface area contributed by atoms with Crippen molar-refractivity contribution in [2.45, 2.75) is 32.7 Å². The van der Waals surface area contributed by atoms with Gasteiger partial charge in [-0.2, -0.15) is 0 Å². The SMILES string of the molecule is COc1ccc(CC(=O)NCCc2nc3ccccc3n2CCCOc2ccc(C)cc2)cc1. The van der Waals surface area contributed by atoms with Crippen molar-refractivity contribution >= 4 is 16.9 Å².